The lowest BCUT2D eigenvalue weighted by atomic mass is 9.95. The SMILES string of the molecule is O=C(O)c1ccc(OC2CCC(O)CC2)c(F)c1. The second-order valence-corrected chi connectivity index (χ2v) is 4.50. The van der Waals surface area contributed by atoms with Crippen molar-refractivity contribution in [3.63, 3.8) is 0 Å². The van der Waals surface area contributed by atoms with Gasteiger partial charge >= 0.3 is 5.97 Å². The minimum Gasteiger partial charge on any atom is -0.487 e. The van der Waals surface area contributed by atoms with Gasteiger partial charge in [-0.15, -0.1) is 0 Å². The third-order valence-corrected chi connectivity index (χ3v) is 3.12. The Morgan fingerprint density at radius 1 is 1.28 bits per heavy atom. The molecule has 18 heavy (non-hydrogen) atoms. The van der Waals surface area contributed by atoms with E-state index < -0.39 is 11.8 Å². The smallest absolute Gasteiger partial charge is 0.335 e. The number of aliphatic hydroxyl groups is 1. The van der Waals surface area contributed by atoms with Crippen molar-refractivity contribution in [3.8, 4) is 5.75 Å². The molecule has 1 aromatic carbocycles. The first kappa shape index (κ1) is 12.8. The Morgan fingerprint density at radius 3 is 2.50 bits per heavy atom. The topological polar surface area (TPSA) is 66.8 Å². The van der Waals surface area contributed by atoms with Crippen molar-refractivity contribution in [3.05, 3.63) is 29.6 Å². The Kier molecular flexibility index (Phi) is 3.81. The van der Waals surface area contributed by atoms with Gasteiger partial charge in [-0.25, -0.2) is 9.18 Å². The van der Waals surface area contributed by atoms with Crippen molar-refractivity contribution >= 4 is 5.97 Å². The first-order valence-corrected chi connectivity index (χ1v) is 5.94. The van der Waals surface area contributed by atoms with E-state index in [4.69, 9.17) is 9.84 Å². The fourth-order valence-electron chi connectivity index (χ4n) is 2.07. The molecule has 98 valence electrons. The Labute approximate surface area is 104 Å². The molecule has 0 amide bonds. The highest BCUT2D eigenvalue weighted by Gasteiger charge is 2.21. The van der Waals surface area contributed by atoms with Gasteiger partial charge in [0, 0.05) is 0 Å². The number of aromatic carboxylic acids is 1. The molecule has 0 radical (unpaired) electrons. The number of hydrogen-bond acceptors (Lipinski definition) is 3. The van der Waals surface area contributed by atoms with Crippen molar-refractivity contribution in [2.24, 2.45) is 0 Å². The summed E-state index contributed by atoms with van der Waals surface area (Å²) in [6.07, 6.45) is 2.27. The minimum atomic E-state index is -1.17. The molecule has 0 aliphatic heterocycles. The Hall–Kier alpha value is -1.62. The molecule has 4 nitrogen and oxygen atoms in total. The number of carbonyl (C=O) groups is 1. The zero-order chi connectivity index (χ0) is 13.1. The third-order valence-electron chi connectivity index (χ3n) is 3.12. The van der Waals surface area contributed by atoms with E-state index in [1.54, 1.807) is 0 Å². The summed E-state index contributed by atoms with van der Waals surface area (Å²) >= 11 is 0. The van der Waals surface area contributed by atoms with E-state index in [1.807, 2.05) is 0 Å². The molecule has 2 rings (SSSR count). The summed E-state index contributed by atoms with van der Waals surface area (Å²) in [5.41, 5.74) is -0.0982. The lowest BCUT2D eigenvalue weighted by molar-refractivity contribution is 0.0643. The number of carboxylic acids is 1. The van der Waals surface area contributed by atoms with Gasteiger partial charge in [0.25, 0.3) is 0 Å². The molecule has 1 aliphatic rings. The maximum atomic E-state index is 13.6. The van der Waals surface area contributed by atoms with Gasteiger partial charge in [0.2, 0.25) is 0 Å². The molecule has 1 aliphatic carbocycles. The standard InChI is InChI=1S/C13H15FO4/c14-11-7-8(13(16)17)1-6-12(11)18-10-4-2-9(15)3-5-10/h1,6-7,9-10,15H,2-5H2,(H,16,17). The van der Waals surface area contributed by atoms with E-state index in [2.05, 4.69) is 0 Å². The van der Waals surface area contributed by atoms with E-state index in [9.17, 15) is 14.3 Å². The minimum absolute atomic E-state index is 0.0707. The van der Waals surface area contributed by atoms with E-state index in [0.717, 1.165) is 6.07 Å². The average molecular weight is 254 g/mol. The van der Waals surface area contributed by atoms with Crippen LogP contribution >= 0.6 is 0 Å². The van der Waals surface area contributed by atoms with Crippen LogP contribution in [0, 0.1) is 5.82 Å². The largest absolute Gasteiger partial charge is 0.487 e. The molecule has 1 saturated carbocycles. The van der Waals surface area contributed by atoms with Gasteiger partial charge in [0.1, 0.15) is 0 Å². The van der Waals surface area contributed by atoms with Gasteiger partial charge in [-0.2, -0.15) is 0 Å². The maximum Gasteiger partial charge on any atom is 0.335 e. The van der Waals surface area contributed by atoms with Crippen LogP contribution in [-0.4, -0.2) is 28.4 Å². The summed E-state index contributed by atoms with van der Waals surface area (Å²) in [6, 6.07) is 3.61. The highest BCUT2D eigenvalue weighted by Crippen LogP contribution is 2.26. The number of carboxylic acid groups (broad SMARTS) is 1. The first-order chi connectivity index (χ1) is 8.56. The van der Waals surface area contributed by atoms with Crippen molar-refractivity contribution in [2.75, 3.05) is 0 Å². The lowest BCUT2D eigenvalue weighted by Gasteiger charge is -2.26. The van der Waals surface area contributed by atoms with Crippen LogP contribution in [0.5, 0.6) is 5.75 Å². The molecular weight excluding hydrogens is 239 g/mol. The summed E-state index contributed by atoms with van der Waals surface area (Å²) < 4.78 is 19.1. The summed E-state index contributed by atoms with van der Waals surface area (Å²) in [6.45, 7) is 0. The quantitative estimate of drug-likeness (QED) is 0.867. The molecule has 2 N–H and O–H groups in total. The van der Waals surface area contributed by atoms with Crippen LogP contribution in [0.15, 0.2) is 18.2 Å². The van der Waals surface area contributed by atoms with Crippen LogP contribution in [0.4, 0.5) is 4.39 Å². The van der Waals surface area contributed by atoms with Crippen LogP contribution in [0.1, 0.15) is 36.0 Å². The normalized spacial score (nSPS) is 23.7. The van der Waals surface area contributed by atoms with Gasteiger partial charge < -0.3 is 14.9 Å². The molecule has 0 spiro atoms. The highest BCUT2D eigenvalue weighted by molar-refractivity contribution is 5.87. The van der Waals surface area contributed by atoms with E-state index in [0.29, 0.717) is 25.7 Å². The number of rotatable bonds is 3. The predicted molar refractivity (Wildman–Crippen MR) is 62.3 cm³/mol. The van der Waals surface area contributed by atoms with Gasteiger partial charge in [0.05, 0.1) is 17.8 Å². The zero-order valence-corrected chi connectivity index (χ0v) is 9.80. The molecule has 0 atom stereocenters. The van der Waals surface area contributed by atoms with E-state index in [1.165, 1.54) is 12.1 Å². The molecule has 1 aromatic rings. The van der Waals surface area contributed by atoms with Crippen LogP contribution in [0.3, 0.4) is 0 Å². The van der Waals surface area contributed by atoms with Gasteiger partial charge in [-0.1, -0.05) is 0 Å². The van der Waals surface area contributed by atoms with Gasteiger partial charge in [-0.3, -0.25) is 0 Å². The second-order valence-electron chi connectivity index (χ2n) is 4.50. The number of halogens is 1. The number of aliphatic hydroxyl groups excluding tert-OH is 1. The molecule has 0 bridgehead atoms. The fraction of sp³-hybridized carbons (Fsp3) is 0.462. The van der Waals surface area contributed by atoms with Crippen LogP contribution in [0.25, 0.3) is 0 Å². The molecular formula is C13H15FO4. The fourth-order valence-corrected chi connectivity index (χ4v) is 2.07. The lowest BCUT2D eigenvalue weighted by Crippen LogP contribution is -2.26. The Balaban J connectivity index is 2.03. The van der Waals surface area contributed by atoms with Crippen LogP contribution in [-0.2, 0) is 0 Å². The summed E-state index contributed by atoms with van der Waals surface area (Å²) in [4.78, 5) is 10.7. The van der Waals surface area contributed by atoms with Gasteiger partial charge in [-0.05, 0) is 43.9 Å². The molecule has 1 fully saturated rings. The molecule has 0 saturated heterocycles. The third kappa shape index (κ3) is 2.98. The molecule has 5 heteroatoms. The second kappa shape index (κ2) is 5.35. The molecule has 0 heterocycles. The monoisotopic (exact) mass is 254 g/mol. The van der Waals surface area contributed by atoms with Crippen LogP contribution < -0.4 is 4.74 Å². The van der Waals surface area contributed by atoms with Gasteiger partial charge in [0.15, 0.2) is 11.6 Å². The van der Waals surface area contributed by atoms with E-state index in [-0.39, 0.29) is 23.5 Å². The zero-order valence-electron chi connectivity index (χ0n) is 9.80. The number of ether oxygens (including phenoxy) is 1. The number of hydrogen-bond donors (Lipinski definition) is 2. The molecule has 0 unspecified atom stereocenters. The highest BCUT2D eigenvalue weighted by atomic mass is 19.1. The number of benzene rings is 1. The van der Waals surface area contributed by atoms with E-state index >= 15 is 0 Å². The summed E-state index contributed by atoms with van der Waals surface area (Å²) in [7, 11) is 0. The predicted octanol–water partition coefficient (Wildman–Crippen LogP) is 2.21. The average Bonchev–Trinajstić information content (AvgIpc) is 2.34. The Morgan fingerprint density at radius 2 is 1.94 bits per heavy atom. The summed E-state index contributed by atoms with van der Waals surface area (Å²) in [5.74, 6) is -1.76. The van der Waals surface area contributed by atoms with Crippen LogP contribution in [0.2, 0.25) is 0 Å². The van der Waals surface area contributed by atoms with Crippen molar-refractivity contribution in [1.29, 1.82) is 0 Å². The maximum absolute atomic E-state index is 13.6. The van der Waals surface area contributed by atoms with Crippen molar-refractivity contribution in [1.82, 2.24) is 0 Å². The first-order valence-electron chi connectivity index (χ1n) is 5.94. The van der Waals surface area contributed by atoms with Crippen molar-refractivity contribution < 1.29 is 24.1 Å². The molecule has 0 aromatic heterocycles. The van der Waals surface area contributed by atoms with Crippen molar-refractivity contribution in [2.45, 2.75) is 37.9 Å². The summed E-state index contributed by atoms with van der Waals surface area (Å²) in [5, 5.41) is 18.1. The Bertz CT molecular complexity index is 439.